The first kappa shape index (κ1) is 8.99. The van der Waals surface area contributed by atoms with Gasteiger partial charge in [-0.05, 0) is 22.0 Å². The van der Waals surface area contributed by atoms with Gasteiger partial charge in [0.05, 0.1) is 4.92 Å². The van der Waals surface area contributed by atoms with Gasteiger partial charge >= 0.3 is 5.69 Å². The number of nitro groups is 1. The molecule has 0 amide bonds. The summed E-state index contributed by atoms with van der Waals surface area (Å²) in [4.78, 5) is 9.93. The number of halogens is 1. The molecule has 0 saturated heterocycles. The van der Waals surface area contributed by atoms with Gasteiger partial charge in [0.25, 0.3) is 0 Å². The number of hydrogen-bond donors (Lipinski definition) is 0. The van der Waals surface area contributed by atoms with Crippen LogP contribution >= 0.6 is 15.9 Å². The first-order valence-corrected chi connectivity index (χ1v) is 4.30. The van der Waals surface area contributed by atoms with Crippen LogP contribution in [0, 0.1) is 10.1 Å². The normalized spacial score (nSPS) is 9.42. The molecular formula is C7H6BrNO3. The molecule has 0 saturated carbocycles. The van der Waals surface area contributed by atoms with Crippen molar-refractivity contribution in [3.8, 4) is 5.75 Å². The Morgan fingerprint density at radius 1 is 1.50 bits per heavy atom. The van der Waals surface area contributed by atoms with Crippen LogP contribution in [0.15, 0.2) is 24.3 Å². The zero-order chi connectivity index (χ0) is 8.97. The van der Waals surface area contributed by atoms with E-state index in [1.165, 1.54) is 6.07 Å². The van der Waals surface area contributed by atoms with Crippen LogP contribution < -0.4 is 4.74 Å². The zero-order valence-electron chi connectivity index (χ0n) is 6.07. The second-order valence-corrected chi connectivity index (χ2v) is 2.44. The van der Waals surface area contributed by atoms with Crippen molar-refractivity contribution in [3.63, 3.8) is 0 Å². The van der Waals surface area contributed by atoms with Crippen molar-refractivity contribution in [2.75, 3.05) is 5.52 Å². The first-order valence-electron chi connectivity index (χ1n) is 3.18. The molecule has 0 spiro atoms. The lowest BCUT2D eigenvalue weighted by molar-refractivity contribution is -0.385. The summed E-state index contributed by atoms with van der Waals surface area (Å²) in [6.45, 7) is 0. The summed E-state index contributed by atoms with van der Waals surface area (Å²) in [6.07, 6.45) is 0. The summed E-state index contributed by atoms with van der Waals surface area (Å²) in [5.41, 5.74) is 0.231. The highest BCUT2D eigenvalue weighted by Gasteiger charge is 2.12. The van der Waals surface area contributed by atoms with Crippen molar-refractivity contribution in [3.05, 3.63) is 34.4 Å². The molecule has 4 nitrogen and oxygen atoms in total. The molecule has 64 valence electrons. The largest absolute Gasteiger partial charge is 0.475 e. The monoisotopic (exact) mass is 231 g/mol. The van der Waals surface area contributed by atoms with Crippen molar-refractivity contribution in [1.82, 2.24) is 0 Å². The number of alkyl halides is 1. The van der Waals surface area contributed by atoms with Crippen LogP contribution in [-0.2, 0) is 0 Å². The Morgan fingerprint density at radius 3 is 2.75 bits per heavy atom. The summed E-state index contributed by atoms with van der Waals surface area (Å²) in [5, 5.41) is 10.4. The lowest BCUT2D eigenvalue weighted by Crippen LogP contribution is -1.94. The molecule has 0 heterocycles. The predicted octanol–water partition coefficient (Wildman–Crippen LogP) is 2.33. The number of ether oxygens (including phenoxy) is 1. The molecular weight excluding hydrogens is 226 g/mol. The average Bonchev–Trinajstić information content (AvgIpc) is 2.05. The van der Waals surface area contributed by atoms with Gasteiger partial charge in [-0.25, -0.2) is 0 Å². The summed E-state index contributed by atoms with van der Waals surface area (Å²) in [6, 6.07) is 6.24. The van der Waals surface area contributed by atoms with E-state index in [1.807, 2.05) is 0 Å². The molecule has 0 aromatic heterocycles. The molecule has 5 heteroatoms. The Kier molecular flexibility index (Phi) is 3.04. The summed E-state index contributed by atoms with van der Waals surface area (Å²) < 4.78 is 4.97. The maximum atomic E-state index is 10.4. The Hall–Kier alpha value is -1.10. The van der Waals surface area contributed by atoms with Crippen LogP contribution in [0.3, 0.4) is 0 Å². The van der Waals surface area contributed by atoms with Gasteiger partial charge in [0, 0.05) is 6.07 Å². The van der Waals surface area contributed by atoms with Crippen LogP contribution in [0.1, 0.15) is 0 Å². The number of nitro benzene ring substituents is 1. The highest BCUT2D eigenvalue weighted by Crippen LogP contribution is 2.25. The number of rotatable bonds is 3. The van der Waals surface area contributed by atoms with Gasteiger partial charge in [-0.2, -0.15) is 0 Å². The van der Waals surface area contributed by atoms with Gasteiger partial charge in [0.1, 0.15) is 5.52 Å². The van der Waals surface area contributed by atoms with Gasteiger partial charge in [0.2, 0.25) is 0 Å². The molecule has 1 rings (SSSR count). The van der Waals surface area contributed by atoms with Crippen molar-refractivity contribution >= 4 is 21.6 Å². The van der Waals surface area contributed by atoms with E-state index in [4.69, 9.17) is 4.74 Å². The van der Waals surface area contributed by atoms with Crippen LogP contribution in [0.5, 0.6) is 5.75 Å². The minimum absolute atomic E-state index is 0.0167. The maximum Gasteiger partial charge on any atom is 0.310 e. The molecule has 12 heavy (non-hydrogen) atoms. The number of benzene rings is 1. The van der Waals surface area contributed by atoms with E-state index in [2.05, 4.69) is 15.9 Å². The summed E-state index contributed by atoms with van der Waals surface area (Å²) >= 11 is 3.02. The van der Waals surface area contributed by atoms with Crippen LogP contribution in [0.2, 0.25) is 0 Å². The molecule has 0 aliphatic rings. The summed E-state index contributed by atoms with van der Waals surface area (Å²) in [5.74, 6) is 0.277. The minimum Gasteiger partial charge on any atom is -0.475 e. The van der Waals surface area contributed by atoms with Crippen LogP contribution in [0.4, 0.5) is 5.69 Å². The summed E-state index contributed by atoms with van der Waals surface area (Å²) in [7, 11) is 0. The van der Waals surface area contributed by atoms with Gasteiger partial charge in [-0.1, -0.05) is 12.1 Å². The molecule has 0 unspecified atom stereocenters. The van der Waals surface area contributed by atoms with E-state index in [0.29, 0.717) is 0 Å². The predicted molar refractivity (Wildman–Crippen MR) is 47.5 cm³/mol. The van der Waals surface area contributed by atoms with Crippen molar-refractivity contribution in [1.29, 1.82) is 0 Å². The third-order valence-electron chi connectivity index (χ3n) is 1.27. The lowest BCUT2D eigenvalue weighted by Gasteiger charge is -2.01. The van der Waals surface area contributed by atoms with Crippen LogP contribution in [0.25, 0.3) is 0 Å². The van der Waals surface area contributed by atoms with E-state index in [9.17, 15) is 10.1 Å². The molecule has 0 aliphatic carbocycles. The van der Waals surface area contributed by atoms with Crippen molar-refractivity contribution in [2.24, 2.45) is 0 Å². The highest BCUT2D eigenvalue weighted by atomic mass is 79.9. The van der Waals surface area contributed by atoms with E-state index < -0.39 is 4.92 Å². The fourth-order valence-corrected chi connectivity index (χ4v) is 1.04. The molecule has 0 bridgehead atoms. The highest BCUT2D eigenvalue weighted by molar-refractivity contribution is 9.09. The number of nitrogens with zero attached hydrogens (tertiary/aromatic N) is 1. The standard InChI is InChI=1S/C7H6BrNO3/c8-5-12-7-4-2-1-3-6(7)9(10)11/h1-4H,5H2. The average molecular weight is 232 g/mol. The molecule has 0 fully saturated rings. The quantitative estimate of drug-likeness (QED) is 0.456. The molecule has 0 radical (unpaired) electrons. The van der Waals surface area contributed by atoms with Crippen LogP contribution in [-0.4, -0.2) is 10.4 Å². The Balaban J connectivity index is 3.00. The third-order valence-corrected chi connectivity index (χ3v) is 1.50. The van der Waals surface area contributed by atoms with Crippen molar-refractivity contribution < 1.29 is 9.66 Å². The Morgan fingerprint density at radius 2 is 2.17 bits per heavy atom. The molecule has 0 N–H and O–H groups in total. The molecule has 0 atom stereocenters. The first-order chi connectivity index (χ1) is 5.75. The third kappa shape index (κ3) is 1.94. The number of para-hydroxylation sites is 2. The second-order valence-electron chi connectivity index (χ2n) is 1.98. The molecule has 1 aromatic rings. The molecule has 1 aromatic carbocycles. The molecule has 0 aliphatic heterocycles. The van der Waals surface area contributed by atoms with E-state index in [0.717, 1.165) is 0 Å². The topological polar surface area (TPSA) is 52.4 Å². The van der Waals surface area contributed by atoms with Crippen molar-refractivity contribution in [2.45, 2.75) is 0 Å². The minimum atomic E-state index is -0.474. The maximum absolute atomic E-state index is 10.4. The van der Waals surface area contributed by atoms with E-state index in [-0.39, 0.29) is 17.0 Å². The number of hydrogen-bond acceptors (Lipinski definition) is 3. The van der Waals surface area contributed by atoms with E-state index >= 15 is 0 Å². The fourth-order valence-electron chi connectivity index (χ4n) is 0.789. The van der Waals surface area contributed by atoms with Gasteiger partial charge in [-0.3, -0.25) is 10.1 Å². The van der Waals surface area contributed by atoms with E-state index in [1.54, 1.807) is 18.2 Å². The Labute approximate surface area is 77.4 Å². The fraction of sp³-hybridized carbons (Fsp3) is 0.143. The lowest BCUT2D eigenvalue weighted by atomic mass is 10.3. The smallest absolute Gasteiger partial charge is 0.310 e. The second kappa shape index (κ2) is 4.06. The van der Waals surface area contributed by atoms with Gasteiger partial charge in [0.15, 0.2) is 5.75 Å². The van der Waals surface area contributed by atoms with Gasteiger partial charge < -0.3 is 4.74 Å². The Bertz CT molecular complexity index is 290. The SMILES string of the molecule is O=[N+]([O-])c1ccccc1OCBr. The zero-order valence-corrected chi connectivity index (χ0v) is 7.65. The van der Waals surface area contributed by atoms with Gasteiger partial charge in [-0.15, -0.1) is 0 Å².